The van der Waals surface area contributed by atoms with Crippen LogP contribution >= 0.6 is 0 Å². The fourth-order valence-corrected chi connectivity index (χ4v) is 1.78. The van der Waals surface area contributed by atoms with Gasteiger partial charge in [-0.15, -0.1) is 0 Å². The van der Waals surface area contributed by atoms with E-state index in [0.29, 0.717) is 0 Å². The summed E-state index contributed by atoms with van der Waals surface area (Å²) in [4.78, 5) is 16.8. The van der Waals surface area contributed by atoms with Crippen LogP contribution in [0.2, 0.25) is 0 Å². The number of hydrogen-bond donors (Lipinski definition) is 0. The maximum Gasteiger partial charge on any atom is 0.128 e. The van der Waals surface area contributed by atoms with Crippen molar-refractivity contribution in [1.82, 2.24) is 19.9 Å². The quantitative estimate of drug-likeness (QED) is 0.785. The fourth-order valence-electron chi connectivity index (χ4n) is 1.78. The lowest BCUT2D eigenvalue weighted by Gasteiger charge is -2.04. The van der Waals surface area contributed by atoms with Crippen LogP contribution in [0.5, 0.6) is 0 Å². The molecule has 0 N–H and O–H groups in total. The maximum atomic E-state index is 4.33. The molecule has 0 radical (unpaired) electrons. The van der Waals surface area contributed by atoms with Crippen molar-refractivity contribution in [3.63, 3.8) is 0 Å². The van der Waals surface area contributed by atoms with Gasteiger partial charge in [0, 0.05) is 30.7 Å². The zero-order chi connectivity index (χ0) is 11.9. The summed E-state index contributed by atoms with van der Waals surface area (Å²) in [5, 5.41) is 0. The molecule has 0 aromatic carbocycles. The molecule has 88 valence electrons. The van der Waals surface area contributed by atoms with Gasteiger partial charge in [-0.1, -0.05) is 6.92 Å². The Hall–Kier alpha value is -1.84. The van der Waals surface area contributed by atoms with E-state index in [0.717, 1.165) is 37.2 Å². The first kappa shape index (κ1) is 11.6. The molecular weight excluding hydrogens is 212 g/mol. The highest BCUT2D eigenvalue weighted by atomic mass is 14.8. The van der Waals surface area contributed by atoms with E-state index in [-0.39, 0.29) is 0 Å². The van der Waals surface area contributed by atoms with E-state index in [9.17, 15) is 0 Å². The zero-order valence-corrected chi connectivity index (χ0v) is 10.0. The lowest BCUT2D eigenvalue weighted by atomic mass is 10.1. The van der Waals surface area contributed by atoms with E-state index in [1.54, 1.807) is 18.7 Å². The minimum absolute atomic E-state index is 0.897. The molecule has 0 spiro atoms. The van der Waals surface area contributed by atoms with E-state index in [2.05, 4.69) is 26.9 Å². The monoisotopic (exact) mass is 228 g/mol. The molecule has 0 aliphatic heterocycles. The Morgan fingerprint density at radius 2 is 1.88 bits per heavy atom. The normalized spacial score (nSPS) is 10.4. The van der Waals surface area contributed by atoms with Crippen LogP contribution in [-0.2, 0) is 19.3 Å². The van der Waals surface area contributed by atoms with Crippen LogP contribution in [0.15, 0.2) is 31.0 Å². The van der Waals surface area contributed by atoms with Crippen molar-refractivity contribution >= 4 is 0 Å². The smallest absolute Gasteiger partial charge is 0.128 e. The van der Waals surface area contributed by atoms with Crippen LogP contribution in [0, 0.1) is 0 Å². The fraction of sp³-hybridized carbons (Fsp3) is 0.385. The summed E-state index contributed by atoms with van der Waals surface area (Å²) in [5.74, 6) is 0.902. The van der Waals surface area contributed by atoms with E-state index in [1.165, 1.54) is 5.56 Å². The standard InChI is InChI=1S/C13H16N4/c1-2-11-9-14-10-17-12(11)5-3-6-13-15-7-4-8-16-13/h4,7-10H,2-3,5-6H2,1H3. The van der Waals surface area contributed by atoms with E-state index < -0.39 is 0 Å². The Kier molecular flexibility index (Phi) is 4.13. The number of aromatic nitrogens is 4. The third kappa shape index (κ3) is 3.31. The molecule has 0 atom stereocenters. The van der Waals surface area contributed by atoms with Gasteiger partial charge in [0.15, 0.2) is 0 Å². The summed E-state index contributed by atoms with van der Waals surface area (Å²) >= 11 is 0. The average molecular weight is 228 g/mol. The summed E-state index contributed by atoms with van der Waals surface area (Å²) in [7, 11) is 0. The lowest BCUT2D eigenvalue weighted by molar-refractivity contribution is 0.745. The molecule has 2 rings (SSSR count). The molecule has 0 unspecified atom stereocenters. The summed E-state index contributed by atoms with van der Waals surface area (Å²) in [5.41, 5.74) is 2.39. The van der Waals surface area contributed by atoms with E-state index >= 15 is 0 Å². The molecule has 0 aliphatic rings. The highest BCUT2D eigenvalue weighted by molar-refractivity contribution is 5.15. The van der Waals surface area contributed by atoms with Crippen molar-refractivity contribution < 1.29 is 0 Å². The van der Waals surface area contributed by atoms with E-state index in [4.69, 9.17) is 0 Å². The molecule has 0 aliphatic carbocycles. The Bertz CT molecular complexity index is 456. The minimum Gasteiger partial charge on any atom is -0.245 e. The molecule has 2 aromatic heterocycles. The molecule has 4 nitrogen and oxygen atoms in total. The van der Waals surface area contributed by atoms with Crippen molar-refractivity contribution in [2.75, 3.05) is 0 Å². The highest BCUT2D eigenvalue weighted by Gasteiger charge is 2.02. The molecule has 2 aromatic rings. The van der Waals surface area contributed by atoms with Gasteiger partial charge in [0.05, 0.1) is 0 Å². The number of hydrogen-bond acceptors (Lipinski definition) is 4. The summed E-state index contributed by atoms with van der Waals surface area (Å²) in [6.45, 7) is 2.13. The highest BCUT2D eigenvalue weighted by Crippen LogP contribution is 2.08. The molecule has 0 saturated heterocycles. The number of aryl methyl sites for hydroxylation is 3. The van der Waals surface area contributed by atoms with Gasteiger partial charge < -0.3 is 0 Å². The van der Waals surface area contributed by atoms with Crippen molar-refractivity contribution in [3.05, 3.63) is 48.1 Å². The topological polar surface area (TPSA) is 51.6 Å². The largest absolute Gasteiger partial charge is 0.245 e. The van der Waals surface area contributed by atoms with Gasteiger partial charge in [0.2, 0.25) is 0 Å². The summed E-state index contributed by atoms with van der Waals surface area (Å²) in [6.07, 6.45) is 11.0. The van der Waals surface area contributed by atoms with Crippen molar-refractivity contribution in [1.29, 1.82) is 0 Å². The molecule has 0 saturated carbocycles. The first-order valence-electron chi connectivity index (χ1n) is 5.93. The molecule has 17 heavy (non-hydrogen) atoms. The van der Waals surface area contributed by atoms with Gasteiger partial charge in [-0.05, 0) is 30.9 Å². The minimum atomic E-state index is 0.897. The summed E-state index contributed by atoms with van der Waals surface area (Å²) < 4.78 is 0. The predicted octanol–water partition coefficient (Wildman–Crippen LogP) is 2.00. The second-order valence-corrected chi connectivity index (χ2v) is 3.87. The second-order valence-electron chi connectivity index (χ2n) is 3.87. The van der Waals surface area contributed by atoms with Crippen molar-refractivity contribution in [3.8, 4) is 0 Å². The second kappa shape index (κ2) is 6.03. The van der Waals surface area contributed by atoms with Gasteiger partial charge in [-0.3, -0.25) is 0 Å². The first-order chi connectivity index (χ1) is 8.40. The van der Waals surface area contributed by atoms with Crippen LogP contribution in [0.4, 0.5) is 0 Å². The Morgan fingerprint density at radius 3 is 2.65 bits per heavy atom. The maximum absolute atomic E-state index is 4.33. The number of nitrogens with zero attached hydrogens (tertiary/aromatic N) is 4. The first-order valence-corrected chi connectivity index (χ1v) is 5.93. The SMILES string of the molecule is CCc1cncnc1CCCc1ncccn1. The van der Waals surface area contributed by atoms with Crippen LogP contribution < -0.4 is 0 Å². The zero-order valence-electron chi connectivity index (χ0n) is 10.0. The van der Waals surface area contributed by atoms with Crippen LogP contribution in [0.25, 0.3) is 0 Å². The Labute approximate surface area is 101 Å². The van der Waals surface area contributed by atoms with Gasteiger partial charge in [0.25, 0.3) is 0 Å². The Morgan fingerprint density at radius 1 is 1.06 bits per heavy atom. The van der Waals surface area contributed by atoms with Crippen LogP contribution in [-0.4, -0.2) is 19.9 Å². The molecule has 0 amide bonds. The van der Waals surface area contributed by atoms with Gasteiger partial charge in [-0.25, -0.2) is 19.9 Å². The van der Waals surface area contributed by atoms with Crippen LogP contribution in [0.3, 0.4) is 0 Å². The third-order valence-corrected chi connectivity index (χ3v) is 2.70. The van der Waals surface area contributed by atoms with Crippen LogP contribution in [0.1, 0.15) is 30.4 Å². The lowest BCUT2D eigenvalue weighted by Crippen LogP contribution is -2.00. The van der Waals surface area contributed by atoms with Gasteiger partial charge in [-0.2, -0.15) is 0 Å². The van der Waals surface area contributed by atoms with Crippen molar-refractivity contribution in [2.24, 2.45) is 0 Å². The average Bonchev–Trinajstić information content (AvgIpc) is 2.40. The van der Waals surface area contributed by atoms with E-state index in [1.807, 2.05) is 12.3 Å². The number of rotatable bonds is 5. The van der Waals surface area contributed by atoms with Crippen molar-refractivity contribution in [2.45, 2.75) is 32.6 Å². The molecule has 0 bridgehead atoms. The molecule has 0 fully saturated rings. The summed E-state index contributed by atoms with van der Waals surface area (Å²) in [6, 6.07) is 1.84. The molecular formula is C13H16N4. The predicted molar refractivity (Wildman–Crippen MR) is 65.5 cm³/mol. The molecule has 2 heterocycles. The molecule has 4 heteroatoms. The van der Waals surface area contributed by atoms with Gasteiger partial charge in [0.1, 0.15) is 12.2 Å². The third-order valence-electron chi connectivity index (χ3n) is 2.70. The van der Waals surface area contributed by atoms with Gasteiger partial charge >= 0.3 is 0 Å². The Balaban J connectivity index is 1.90.